The van der Waals surface area contributed by atoms with Crippen LogP contribution in [0, 0.1) is 0 Å². The Kier molecular flexibility index (Phi) is 5.73. The molecule has 1 amide bonds. The van der Waals surface area contributed by atoms with Crippen molar-refractivity contribution in [1.82, 2.24) is 9.88 Å². The van der Waals surface area contributed by atoms with Crippen molar-refractivity contribution in [1.29, 1.82) is 0 Å². The van der Waals surface area contributed by atoms with Gasteiger partial charge in [0.2, 0.25) is 0 Å². The Morgan fingerprint density at radius 3 is 2.15 bits per heavy atom. The maximum absolute atomic E-state index is 13.8. The van der Waals surface area contributed by atoms with Gasteiger partial charge in [0.1, 0.15) is 11.6 Å². The number of benzene rings is 1. The van der Waals surface area contributed by atoms with E-state index in [1.807, 2.05) is 23.2 Å². The zero-order valence-electron chi connectivity index (χ0n) is 19.5. The Bertz CT molecular complexity index is 1010. The van der Waals surface area contributed by atoms with Crippen LogP contribution in [0.3, 0.4) is 0 Å². The van der Waals surface area contributed by atoms with Gasteiger partial charge < -0.3 is 14.5 Å². The van der Waals surface area contributed by atoms with Crippen LogP contribution >= 0.6 is 0 Å². The molecule has 5 rings (SSSR count). The lowest BCUT2D eigenvalue weighted by Crippen LogP contribution is -2.58. The highest BCUT2D eigenvalue weighted by Gasteiger charge is 2.50. The van der Waals surface area contributed by atoms with Crippen LogP contribution in [0.4, 0.5) is 19.0 Å². The van der Waals surface area contributed by atoms with Gasteiger partial charge in [-0.15, -0.1) is 0 Å². The molecule has 2 saturated heterocycles. The van der Waals surface area contributed by atoms with Gasteiger partial charge in [-0.05, 0) is 88.8 Å². The molecule has 8 heteroatoms. The molecule has 2 atom stereocenters. The third-order valence-electron chi connectivity index (χ3n) is 7.26. The molecule has 34 heavy (non-hydrogen) atoms. The number of nitrogens with zero attached hydrogens (tertiary/aromatic N) is 3. The summed E-state index contributed by atoms with van der Waals surface area (Å²) in [7, 11) is 0. The molecule has 2 aromatic rings. The fraction of sp³-hybridized carbons (Fsp3) is 0.538. The summed E-state index contributed by atoms with van der Waals surface area (Å²) in [5.41, 5.74) is -1.92. The number of carbonyl (C=O) groups is 1. The van der Waals surface area contributed by atoms with E-state index >= 15 is 0 Å². The number of fused-ring (bicyclic) bond motifs is 2. The molecule has 0 N–H and O–H groups in total. The molecule has 1 aromatic heterocycles. The molecule has 2 aliphatic heterocycles. The zero-order valence-corrected chi connectivity index (χ0v) is 19.5. The van der Waals surface area contributed by atoms with Gasteiger partial charge in [0.05, 0.1) is 5.56 Å². The minimum Gasteiger partial charge on any atom is -0.478 e. The lowest BCUT2D eigenvalue weighted by molar-refractivity contribution is -0.149. The van der Waals surface area contributed by atoms with Gasteiger partial charge in [-0.3, -0.25) is 4.79 Å². The maximum Gasteiger partial charge on any atom is 0.416 e. The summed E-state index contributed by atoms with van der Waals surface area (Å²) in [6.07, 6.45) is 3.36. The number of ether oxygens (including phenoxy) is 1. The third-order valence-corrected chi connectivity index (χ3v) is 7.26. The second kappa shape index (κ2) is 8.47. The number of alkyl halides is 3. The van der Waals surface area contributed by atoms with Crippen molar-refractivity contribution in [2.24, 2.45) is 0 Å². The van der Waals surface area contributed by atoms with E-state index in [1.165, 1.54) is 12.1 Å². The monoisotopic (exact) mass is 473 g/mol. The average Bonchev–Trinajstić information content (AvgIpc) is 3.58. The van der Waals surface area contributed by atoms with E-state index in [0.717, 1.165) is 56.5 Å². The quantitative estimate of drug-likeness (QED) is 0.560. The van der Waals surface area contributed by atoms with Crippen LogP contribution in [0.15, 0.2) is 48.7 Å². The Hall–Kier alpha value is -2.77. The molecule has 1 aliphatic carbocycles. The van der Waals surface area contributed by atoms with Crippen LogP contribution in [0.1, 0.15) is 57.9 Å². The minimum atomic E-state index is -4.41. The lowest BCUT2D eigenvalue weighted by Gasteiger charge is -2.45. The number of anilines is 1. The summed E-state index contributed by atoms with van der Waals surface area (Å²) in [6.45, 7) is 3.42. The molecule has 2 unspecified atom stereocenters. The van der Waals surface area contributed by atoms with Gasteiger partial charge >= 0.3 is 6.18 Å². The number of hydrogen-bond acceptors (Lipinski definition) is 4. The van der Waals surface area contributed by atoms with Crippen LogP contribution < -0.4 is 9.64 Å². The first-order chi connectivity index (χ1) is 16.1. The Labute approximate surface area is 197 Å². The molecule has 3 fully saturated rings. The first-order valence-corrected chi connectivity index (χ1v) is 12.0. The van der Waals surface area contributed by atoms with Crippen molar-refractivity contribution >= 4 is 11.7 Å². The van der Waals surface area contributed by atoms with E-state index in [-0.39, 0.29) is 23.7 Å². The van der Waals surface area contributed by atoms with Crippen LogP contribution in [-0.4, -0.2) is 45.6 Å². The number of rotatable bonds is 6. The molecule has 3 aliphatic rings. The van der Waals surface area contributed by atoms with E-state index in [1.54, 1.807) is 13.8 Å². The van der Waals surface area contributed by atoms with Gasteiger partial charge in [0, 0.05) is 30.4 Å². The summed E-state index contributed by atoms with van der Waals surface area (Å²) < 4.78 is 44.6. The maximum atomic E-state index is 13.8. The van der Waals surface area contributed by atoms with Gasteiger partial charge in [0.15, 0.2) is 5.60 Å². The summed E-state index contributed by atoms with van der Waals surface area (Å²) in [6, 6.07) is 11.6. The smallest absolute Gasteiger partial charge is 0.416 e. The molecular formula is C26H30F3N3O2. The minimum absolute atomic E-state index is 0.0921. The highest BCUT2D eigenvalue weighted by atomic mass is 19.4. The molecule has 3 heterocycles. The molecule has 5 nitrogen and oxygen atoms in total. The van der Waals surface area contributed by atoms with Crippen molar-refractivity contribution in [3.05, 3.63) is 54.2 Å². The second-order valence-corrected chi connectivity index (χ2v) is 10.2. The first-order valence-electron chi connectivity index (χ1n) is 12.0. The number of piperidine rings is 1. The first kappa shape index (κ1) is 23.0. The highest BCUT2D eigenvalue weighted by Crippen LogP contribution is 2.43. The summed E-state index contributed by atoms with van der Waals surface area (Å²) >= 11 is 0. The van der Waals surface area contributed by atoms with Crippen molar-refractivity contribution in [2.75, 3.05) is 4.90 Å². The average molecular weight is 474 g/mol. The largest absolute Gasteiger partial charge is 0.478 e. The van der Waals surface area contributed by atoms with Gasteiger partial charge in [-0.2, -0.15) is 13.2 Å². The molecule has 0 spiro atoms. The molecule has 2 bridgehead atoms. The number of aromatic nitrogens is 1. The van der Waals surface area contributed by atoms with E-state index < -0.39 is 17.3 Å². The van der Waals surface area contributed by atoms with E-state index in [0.29, 0.717) is 12.1 Å². The highest BCUT2D eigenvalue weighted by molar-refractivity contribution is 5.85. The third kappa shape index (κ3) is 4.46. The van der Waals surface area contributed by atoms with Crippen molar-refractivity contribution in [3.8, 4) is 5.75 Å². The molecule has 0 radical (unpaired) electrons. The van der Waals surface area contributed by atoms with Gasteiger partial charge in [-0.25, -0.2) is 4.98 Å². The van der Waals surface area contributed by atoms with Crippen molar-refractivity contribution in [3.63, 3.8) is 0 Å². The van der Waals surface area contributed by atoms with E-state index in [2.05, 4.69) is 16.0 Å². The number of carbonyl (C=O) groups excluding carboxylic acids is 1. The van der Waals surface area contributed by atoms with E-state index in [4.69, 9.17) is 4.74 Å². The Morgan fingerprint density at radius 2 is 1.62 bits per heavy atom. The SMILES string of the molecule is CC(C)(Oc1ccc(C(F)(F)F)cc1)C(=O)N(C1CC1)C1CC2CCC(C1)N2c1ccccn1. The lowest BCUT2D eigenvalue weighted by atomic mass is 9.93. The summed E-state index contributed by atoms with van der Waals surface area (Å²) in [5, 5.41) is 0. The summed E-state index contributed by atoms with van der Waals surface area (Å²) in [5.74, 6) is 1.17. The van der Waals surface area contributed by atoms with Crippen molar-refractivity contribution < 1.29 is 22.7 Å². The number of pyridine rings is 1. The van der Waals surface area contributed by atoms with Crippen LogP contribution in [0.2, 0.25) is 0 Å². The van der Waals surface area contributed by atoms with E-state index in [9.17, 15) is 18.0 Å². The van der Waals surface area contributed by atoms with Crippen LogP contribution in [-0.2, 0) is 11.0 Å². The molecule has 182 valence electrons. The Balaban J connectivity index is 1.31. The molecule has 1 aromatic carbocycles. The topological polar surface area (TPSA) is 45.7 Å². The van der Waals surface area contributed by atoms with Crippen LogP contribution in [0.25, 0.3) is 0 Å². The van der Waals surface area contributed by atoms with Gasteiger partial charge in [-0.1, -0.05) is 6.07 Å². The molecular weight excluding hydrogens is 443 g/mol. The predicted octanol–water partition coefficient (Wildman–Crippen LogP) is 5.45. The number of amides is 1. The van der Waals surface area contributed by atoms with Gasteiger partial charge in [0.25, 0.3) is 5.91 Å². The standard InChI is InChI=1S/C26H30F3N3O2/c1-25(2,34-22-12-6-17(7-13-22)26(27,28)29)24(33)32(18-8-9-18)21-15-19-10-11-20(16-21)31(19)23-5-3-4-14-30-23/h3-7,12-14,18-21H,8-11,15-16H2,1-2H3. The zero-order chi connectivity index (χ0) is 24.1. The fourth-order valence-electron chi connectivity index (χ4n) is 5.60. The number of halogens is 3. The fourth-order valence-corrected chi connectivity index (χ4v) is 5.60. The number of hydrogen-bond donors (Lipinski definition) is 0. The normalized spacial score (nSPS) is 24.7. The predicted molar refractivity (Wildman–Crippen MR) is 123 cm³/mol. The molecule has 1 saturated carbocycles. The summed E-state index contributed by atoms with van der Waals surface area (Å²) in [4.78, 5) is 22.8. The Morgan fingerprint density at radius 1 is 0.971 bits per heavy atom. The van der Waals surface area contributed by atoms with Crippen molar-refractivity contribution in [2.45, 2.75) is 88.3 Å². The second-order valence-electron chi connectivity index (χ2n) is 10.2. The van der Waals surface area contributed by atoms with Crippen LogP contribution in [0.5, 0.6) is 5.75 Å².